The van der Waals surface area contributed by atoms with E-state index in [4.69, 9.17) is 4.74 Å². The molecule has 1 atom stereocenters. The van der Waals surface area contributed by atoms with E-state index in [1.54, 1.807) is 6.33 Å². The largest absolute Gasteiger partial charge is 0.369 e. The topological polar surface area (TPSA) is 57.3 Å². The molecule has 6 heteroatoms. The first kappa shape index (κ1) is 14.0. The van der Waals surface area contributed by atoms with Gasteiger partial charge in [0.2, 0.25) is 0 Å². The zero-order valence-electron chi connectivity index (χ0n) is 12.5. The van der Waals surface area contributed by atoms with Crippen molar-refractivity contribution in [3.05, 3.63) is 42.1 Å². The van der Waals surface area contributed by atoms with Gasteiger partial charge in [0.25, 0.3) is 0 Å². The van der Waals surface area contributed by atoms with Crippen LogP contribution in [0.1, 0.15) is 17.5 Å². The molecule has 3 heterocycles. The lowest BCUT2D eigenvalue weighted by Gasteiger charge is -2.32. The van der Waals surface area contributed by atoms with E-state index in [0.717, 1.165) is 43.4 Å². The number of pyridine rings is 1. The summed E-state index contributed by atoms with van der Waals surface area (Å²) in [4.78, 5) is 16.3. The average molecular weight is 287 g/mol. The molecular formula is C15H21N5O. The predicted octanol–water partition coefficient (Wildman–Crippen LogP) is 1.44. The highest BCUT2D eigenvalue weighted by Gasteiger charge is 2.23. The molecule has 1 aliphatic heterocycles. The van der Waals surface area contributed by atoms with Crippen molar-refractivity contribution in [2.45, 2.75) is 12.6 Å². The third kappa shape index (κ3) is 3.40. The minimum atomic E-state index is 0.0292. The Hall–Kier alpha value is -1.92. The highest BCUT2D eigenvalue weighted by molar-refractivity contribution is 5.37. The SMILES string of the molecule is CN(C)c1cccc([C@@H]2CN(Cc3cnc[nH]3)CCO2)n1. The van der Waals surface area contributed by atoms with Gasteiger partial charge < -0.3 is 14.6 Å². The lowest BCUT2D eigenvalue weighted by molar-refractivity contribution is -0.0352. The molecule has 0 unspecified atom stereocenters. The number of hydrogen-bond acceptors (Lipinski definition) is 5. The van der Waals surface area contributed by atoms with Crippen LogP contribution in [0.4, 0.5) is 5.82 Å². The van der Waals surface area contributed by atoms with Gasteiger partial charge in [-0.3, -0.25) is 4.90 Å². The van der Waals surface area contributed by atoms with E-state index in [-0.39, 0.29) is 6.10 Å². The van der Waals surface area contributed by atoms with Crippen LogP contribution in [0.25, 0.3) is 0 Å². The minimum Gasteiger partial charge on any atom is -0.369 e. The smallest absolute Gasteiger partial charge is 0.128 e. The Labute approximate surface area is 124 Å². The third-order valence-electron chi connectivity index (χ3n) is 3.64. The van der Waals surface area contributed by atoms with Gasteiger partial charge in [-0.2, -0.15) is 0 Å². The Morgan fingerprint density at radius 2 is 2.33 bits per heavy atom. The molecule has 0 saturated carbocycles. The maximum Gasteiger partial charge on any atom is 0.128 e. The second kappa shape index (κ2) is 6.24. The highest BCUT2D eigenvalue weighted by atomic mass is 16.5. The molecule has 2 aromatic heterocycles. The van der Waals surface area contributed by atoms with Crippen molar-refractivity contribution in [1.82, 2.24) is 19.9 Å². The first-order chi connectivity index (χ1) is 10.2. The van der Waals surface area contributed by atoms with Gasteiger partial charge in [-0.15, -0.1) is 0 Å². The van der Waals surface area contributed by atoms with Crippen molar-refractivity contribution in [1.29, 1.82) is 0 Å². The second-order valence-corrected chi connectivity index (χ2v) is 5.49. The van der Waals surface area contributed by atoms with Crippen molar-refractivity contribution in [3.8, 4) is 0 Å². The fourth-order valence-electron chi connectivity index (χ4n) is 2.51. The molecule has 6 nitrogen and oxygen atoms in total. The minimum absolute atomic E-state index is 0.0292. The van der Waals surface area contributed by atoms with Crippen LogP contribution in [-0.4, -0.2) is 53.6 Å². The maximum absolute atomic E-state index is 5.90. The number of nitrogens with one attached hydrogen (secondary N) is 1. The van der Waals surface area contributed by atoms with Gasteiger partial charge in [-0.05, 0) is 12.1 Å². The van der Waals surface area contributed by atoms with Crippen LogP contribution in [-0.2, 0) is 11.3 Å². The van der Waals surface area contributed by atoms with Gasteiger partial charge in [-0.25, -0.2) is 9.97 Å². The van der Waals surface area contributed by atoms with E-state index >= 15 is 0 Å². The summed E-state index contributed by atoms with van der Waals surface area (Å²) in [7, 11) is 4.00. The number of morpholine rings is 1. The van der Waals surface area contributed by atoms with Gasteiger partial charge >= 0.3 is 0 Å². The van der Waals surface area contributed by atoms with Crippen molar-refractivity contribution in [2.75, 3.05) is 38.7 Å². The number of aromatic amines is 1. The lowest BCUT2D eigenvalue weighted by atomic mass is 10.2. The van der Waals surface area contributed by atoms with Crippen LogP contribution in [0.3, 0.4) is 0 Å². The molecule has 112 valence electrons. The molecule has 0 amide bonds. The highest BCUT2D eigenvalue weighted by Crippen LogP contribution is 2.23. The normalized spacial score (nSPS) is 19.6. The lowest BCUT2D eigenvalue weighted by Crippen LogP contribution is -2.38. The molecule has 1 N–H and O–H groups in total. The fraction of sp³-hybridized carbons (Fsp3) is 0.467. The van der Waals surface area contributed by atoms with Gasteiger partial charge in [0.1, 0.15) is 11.9 Å². The Bertz CT molecular complexity index is 569. The van der Waals surface area contributed by atoms with Gasteiger partial charge in [-0.1, -0.05) is 6.07 Å². The summed E-state index contributed by atoms with van der Waals surface area (Å²) in [6, 6.07) is 6.08. The number of rotatable bonds is 4. The molecule has 0 aliphatic carbocycles. The van der Waals surface area contributed by atoms with E-state index in [2.05, 4.69) is 19.9 Å². The molecular weight excluding hydrogens is 266 g/mol. The molecule has 1 fully saturated rings. The molecule has 0 radical (unpaired) electrons. The summed E-state index contributed by atoms with van der Waals surface area (Å²) in [5.41, 5.74) is 2.13. The van der Waals surface area contributed by atoms with Gasteiger partial charge in [0.15, 0.2) is 0 Å². The van der Waals surface area contributed by atoms with Gasteiger partial charge in [0, 0.05) is 45.6 Å². The molecule has 1 saturated heterocycles. The number of anilines is 1. The second-order valence-electron chi connectivity index (χ2n) is 5.49. The Morgan fingerprint density at radius 1 is 1.43 bits per heavy atom. The Morgan fingerprint density at radius 3 is 3.10 bits per heavy atom. The first-order valence-electron chi connectivity index (χ1n) is 7.18. The Balaban J connectivity index is 1.69. The monoisotopic (exact) mass is 287 g/mol. The van der Waals surface area contributed by atoms with E-state index in [0.29, 0.717) is 0 Å². The number of imidazole rings is 1. The molecule has 1 aliphatic rings. The van der Waals surface area contributed by atoms with Crippen molar-refractivity contribution < 1.29 is 4.74 Å². The van der Waals surface area contributed by atoms with Crippen LogP contribution >= 0.6 is 0 Å². The predicted molar refractivity (Wildman–Crippen MR) is 81.1 cm³/mol. The maximum atomic E-state index is 5.90. The standard InChI is InChI=1S/C15H21N5O/c1-19(2)15-5-3-4-13(18-15)14-10-20(6-7-21-14)9-12-8-16-11-17-12/h3-5,8,11,14H,6-7,9-10H2,1-2H3,(H,16,17)/t14-/m0/s1. The average Bonchev–Trinajstić information content (AvgIpc) is 3.00. The molecule has 0 bridgehead atoms. The number of aromatic nitrogens is 3. The number of hydrogen-bond donors (Lipinski definition) is 1. The van der Waals surface area contributed by atoms with Gasteiger partial charge in [0.05, 0.1) is 18.6 Å². The molecule has 21 heavy (non-hydrogen) atoms. The molecule has 0 aromatic carbocycles. The summed E-state index contributed by atoms with van der Waals surface area (Å²) >= 11 is 0. The number of H-pyrrole nitrogens is 1. The Kier molecular flexibility index (Phi) is 4.17. The van der Waals surface area contributed by atoms with E-state index in [1.807, 2.05) is 43.4 Å². The zero-order valence-corrected chi connectivity index (χ0v) is 12.5. The summed E-state index contributed by atoms with van der Waals surface area (Å²) in [5, 5.41) is 0. The van der Waals surface area contributed by atoms with Crippen LogP contribution in [0, 0.1) is 0 Å². The van der Waals surface area contributed by atoms with Crippen molar-refractivity contribution in [3.63, 3.8) is 0 Å². The molecule has 2 aromatic rings. The zero-order chi connectivity index (χ0) is 14.7. The third-order valence-corrected chi connectivity index (χ3v) is 3.64. The van der Waals surface area contributed by atoms with Crippen molar-refractivity contribution in [2.24, 2.45) is 0 Å². The first-order valence-corrected chi connectivity index (χ1v) is 7.18. The van der Waals surface area contributed by atoms with Crippen LogP contribution in [0.2, 0.25) is 0 Å². The van der Waals surface area contributed by atoms with Crippen molar-refractivity contribution >= 4 is 5.82 Å². The van der Waals surface area contributed by atoms with Crippen LogP contribution < -0.4 is 4.90 Å². The summed E-state index contributed by atoms with van der Waals surface area (Å²) in [6.07, 6.45) is 3.62. The number of ether oxygens (including phenoxy) is 1. The summed E-state index contributed by atoms with van der Waals surface area (Å²) in [5.74, 6) is 0.960. The molecule has 3 rings (SSSR count). The number of nitrogens with zero attached hydrogens (tertiary/aromatic N) is 4. The summed E-state index contributed by atoms with van der Waals surface area (Å²) < 4.78 is 5.90. The van der Waals surface area contributed by atoms with E-state index in [1.165, 1.54) is 0 Å². The van der Waals surface area contributed by atoms with E-state index < -0.39 is 0 Å². The molecule has 0 spiro atoms. The fourth-order valence-corrected chi connectivity index (χ4v) is 2.51. The van der Waals surface area contributed by atoms with Crippen LogP contribution in [0.5, 0.6) is 0 Å². The summed E-state index contributed by atoms with van der Waals surface area (Å²) in [6.45, 7) is 3.38. The van der Waals surface area contributed by atoms with E-state index in [9.17, 15) is 0 Å². The quantitative estimate of drug-likeness (QED) is 0.922. The van der Waals surface area contributed by atoms with Crippen LogP contribution in [0.15, 0.2) is 30.7 Å².